The standard InChI is InChI=1S/C21H23F4N3O3S/c1-3-4-5-17-15(7-10-19(27-17)21(23,24)25)8-11-20(29)26-13-14-6-9-18(16(22)12-14)28-32(2,30)31/h6-12,28H,3-5,13H2,1-2H3,(H,26,29)/b11-8+. The lowest BCUT2D eigenvalue weighted by molar-refractivity contribution is -0.141. The Labute approximate surface area is 183 Å². The average molecular weight is 473 g/mol. The third-order valence-electron chi connectivity index (χ3n) is 4.28. The zero-order valence-electron chi connectivity index (χ0n) is 17.5. The third-order valence-corrected chi connectivity index (χ3v) is 4.87. The minimum absolute atomic E-state index is 0.0345. The minimum atomic E-state index is -4.55. The summed E-state index contributed by atoms with van der Waals surface area (Å²) in [7, 11) is -3.63. The molecule has 0 aliphatic rings. The smallest absolute Gasteiger partial charge is 0.348 e. The lowest BCUT2D eigenvalue weighted by atomic mass is 10.1. The number of aromatic nitrogens is 1. The van der Waals surface area contributed by atoms with Crippen molar-refractivity contribution in [2.24, 2.45) is 0 Å². The molecular formula is C21H23F4N3O3S. The molecule has 2 N–H and O–H groups in total. The number of halogens is 4. The van der Waals surface area contributed by atoms with Crippen LogP contribution in [0.25, 0.3) is 6.08 Å². The molecule has 0 bridgehead atoms. The van der Waals surface area contributed by atoms with Gasteiger partial charge in [-0.3, -0.25) is 9.52 Å². The van der Waals surface area contributed by atoms with E-state index in [0.717, 1.165) is 30.9 Å². The summed E-state index contributed by atoms with van der Waals surface area (Å²) >= 11 is 0. The summed E-state index contributed by atoms with van der Waals surface area (Å²) in [6.45, 7) is 1.87. The zero-order valence-corrected chi connectivity index (χ0v) is 18.3. The van der Waals surface area contributed by atoms with Gasteiger partial charge in [0.15, 0.2) is 0 Å². The van der Waals surface area contributed by atoms with Crippen LogP contribution in [0.3, 0.4) is 0 Å². The van der Waals surface area contributed by atoms with Crippen molar-refractivity contribution in [1.29, 1.82) is 0 Å². The molecule has 0 unspecified atom stereocenters. The highest BCUT2D eigenvalue weighted by Crippen LogP contribution is 2.29. The van der Waals surface area contributed by atoms with Crippen molar-refractivity contribution < 1.29 is 30.8 Å². The molecule has 0 atom stereocenters. The van der Waals surface area contributed by atoms with E-state index in [1.807, 2.05) is 11.6 Å². The molecule has 0 saturated carbocycles. The van der Waals surface area contributed by atoms with Crippen molar-refractivity contribution in [3.05, 3.63) is 64.7 Å². The maximum atomic E-state index is 14.0. The Balaban J connectivity index is 2.06. The van der Waals surface area contributed by atoms with E-state index < -0.39 is 33.6 Å². The summed E-state index contributed by atoms with van der Waals surface area (Å²) in [6.07, 6.45) is 0.653. The van der Waals surface area contributed by atoms with Gasteiger partial charge in [-0.05, 0) is 48.2 Å². The van der Waals surface area contributed by atoms with E-state index >= 15 is 0 Å². The number of carbonyl (C=O) groups excluding carboxylic acids is 1. The largest absolute Gasteiger partial charge is 0.433 e. The molecule has 0 radical (unpaired) electrons. The maximum Gasteiger partial charge on any atom is 0.433 e. The van der Waals surface area contributed by atoms with E-state index in [1.165, 1.54) is 24.3 Å². The number of amides is 1. The molecule has 0 fully saturated rings. The van der Waals surface area contributed by atoms with E-state index in [0.29, 0.717) is 24.0 Å². The minimum Gasteiger partial charge on any atom is -0.348 e. The number of nitrogens with zero attached hydrogens (tertiary/aromatic N) is 1. The number of rotatable bonds is 9. The molecule has 11 heteroatoms. The van der Waals surface area contributed by atoms with Gasteiger partial charge in [-0.2, -0.15) is 13.2 Å². The molecule has 6 nitrogen and oxygen atoms in total. The second kappa shape index (κ2) is 10.6. The molecule has 0 aliphatic carbocycles. The number of carbonyl (C=O) groups is 1. The molecule has 2 aromatic rings. The van der Waals surface area contributed by atoms with Crippen LogP contribution < -0.4 is 10.0 Å². The number of anilines is 1. The molecule has 1 amide bonds. The fraction of sp³-hybridized carbons (Fsp3) is 0.333. The molecule has 2 rings (SSSR count). The van der Waals surface area contributed by atoms with Gasteiger partial charge in [0, 0.05) is 18.3 Å². The lowest BCUT2D eigenvalue weighted by Crippen LogP contribution is -2.20. The Hall–Kier alpha value is -2.95. The van der Waals surface area contributed by atoms with E-state index in [2.05, 4.69) is 10.3 Å². The average Bonchev–Trinajstić information content (AvgIpc) is 2.69. The van der Waals surface area contributed by atoms with Gasteiger partial charge in [-0.1, -0.05) is 25.5 Å². The number of benzene rings is 1. The zero-order chi connectivity index (χ0) is 23.9. The highest BCUT2D eigenvalue weighted by atomic mass is 32.2. The third kappa shape index (κ3) is 7.95. The first-order chi connectivity index (χ1) is 14.9. The topological polar surface area (TPSA) is 88.2 Å². The highest BCUT2D eigenvalue weighted by Gasteiger charge is 2.32. The van der Waals surface area contributed by atoms with Gasteiger partial charge in [0.25, 0.3) is 0 Å². The van der Waals surface area contributed by atoms with E-state index in [1.54, 1.807) is 0 Å². The number of pyridine rings is 1. The summed E-state index contributed by atoms with van der Waals surface area (Å²) < 4.78 is 77.2. The van der Waals surface area contributed by atoms with Gasteiger partial charge in [-0.25, -0.2) is 17.8 Å². The quantitative estimate of drug-likeness (QED) is 0.420. The summed E-state index contributed by atoms with van der Waals surface area (Å²) in [6, 6.07) is 5.90. The first-order valence-corrected chi connectivity index (χ1v) is 11.6. The Morgan fingerprint density at radius 1 is 1.19 bits per heavy atom. The van der Waals surface area contributed by atoms with Crippen molar-refractivity contribution in [1.82, 2.24) is 10.3 Å². The van der Waals surface area contributed by atoms with Crippen LogP contribution in [0.15, 0.2) is 36.4 Å². The predicted octanol–water partition coefficient (Wildman–Crippen LogP) is 4.28. The lowest BCUT2D eigenvalue weighted by Gasteiger charge is -2.10. The second-order valence-corrected chi connectivity index (χ2v) is 8.82. The Bertz CT molecular complexity index is 1100. The van der Waals surface area contributed by atoms with Gasteiger partial charge in [-0.15, -0.1) is 0 Å². The number of hydrogen-bond donors (Lipinski definition) is 2. The first-order valence-electron chi connectivity index (χ1n) is 9.68. The van der Waals surface area contributed by atoms with Crippen LogP contribution >= 0.6 is 0 Å². The molecule has 174 valence electrons. The number of hydrogen-bond acceptors (Lipinski definition) is 4. The van der Waals surface area contributed by atoms with Crippen LogP contribution in [0.4, 0.5) is 23.2 Å². The maximum absolute atomic E-state index is 14.0. The summed E-state index contributed by atoms with van der Waals surface area (Å²) in [4.78, 5) is 15.8. The van der Waals surface area contributed by atoms with Crippen molar-refractivity contribution in [3.8, 4) is 0 Å². The number of sulfonamides is 1. The van der Waals surface area contributed by atoms with Crippen LogP contribution in [0, 0.1) is 5.82 Å². The van der Waals surface area contributed by atoms with Crippen molar-refractivity contribution in [3.63, 3.8) is 0 Å². The summed E-state index contributed by atoms with van der Waals surface area (Å²) in [5.41, 5.74) is -0.147. The predicted molar refractivity (Wildman–Crippen MR) is 114 cm³/mol. The summed E-state index contributed by atoms with van der Waals surface area (Å²) in [5.74, 6) is -1.33. The Kier molecular flexibility index (Phi) is 8.37. The molecule has 1 aromatic carbocycles. The first kappa shape index (κ1) is 25.3. The fourth-order valence-electron chi connectivity index (χ4n) is 2.73. The SMILES string of the molecule is CCCCc1nc(C(F)(F)F)ccc1/C=C/C(=O)NCc1ccc(NS(C)(=O)=O)c(F)c1. The normalized spacial score (nSPS) is 12.2. The molecule has 0 aliphatic heterocycles. The van der Waals surface area contributed by atoms with Gasteiger partial charge in [0.2, 0.25) is 15.9 Å². The molecule has 0 spiro atoms. The number of aryl methyl sites for hydroxylation is 1. The molecular weight excluding hydrogens is 450 g/mol. The van der Waals surface area contributed by atoms with Crippen molar-refractivity contribution >= 4 is 27.7 Å². The van der Waals surface area contributed by atoms with E-state index in [-0.39, 0.29) is 17.9 Å². The van der Waals surface area contributed by atoms with Crippen LogP contribution in [0.2, 0.25) is 0 Å². The van der Waals surface area contributed by atoms with E-state index in [4.69, 9.17) is 0 Å². The van der Waals surface area contributed by atoms with Crippen LogP contribution in [0.5, 0.6) is 0 Å². The van der Waals surface area contributed by atoms with Crippen molar-refractivity contribution in [2.75, 3.05) is 11.0 Å². The molecule has 1 aromatic heterocycles. The fourth-order valence-corrected chi connectivity index (χ4v) is 3.30. The number of alkyl halides is 3. The Morgan fingerprint density at radius 2 is 1.91 bits per heavy atom. The van der Waals surface area contributed by atoms with Crippen molar-refractivity contribution in [2.45, 2.75) is 38.9 Å². The number of unbranched alkanes of at least 4 members (excludes halogenated alkanes) is 1. The van der Waals surface area contributed by atoms with Gasteiger partial charge in [0.05, 0.1) is 11.9 Å². The van der Waals surface area contributed by atoms with Gasteiger partial charge < -0.3 is 5.32 Å². The van der Waals surface area contributed by atoms with Crippen LogP contribution in [-0.2, 0) is 34.0 Å². The summed E-state index contributed by atoms with van der Waals surface area (Å²) in [5, 5.41) is 2.53. The van der Waals surface area contributed by atoms with Gasteiger partial charge >= 0.3 is 6.18 Å². The molecule has 1 heterocycles. The van der Waals surface area contributed by atoms with Crippen LogP contribution in [0.1, 0.15) is 42.3 Å². The molecule has 0 saturated heterocycles. The highest BCUT2D eigenvalue weighted by molar-refractivity contribution is 7.92. The second-order valence-electron chi connectivity index (χ2n) is 7.07. The van der Waals surface area contributed by atoms with E-state index in [9.17, 15) is 30.8 Å². The van der Waals surface area contributed by atoms with Gasteiger partial charge in [0.1, 0.15) is 11.5 Å². The molecule has 32 heavy (non-hydrogen) atoms. The van der Waals surface area contributed by atoms with Crippen LogP contribution in [-0.4, -0.2) is 25.6 Å². The Morgan fingerprint density at radius 3 is 2.50 bits per heavy atom. The monoisotopic (exact) mass is 473 g/mol. The number of nitrogens with one attached hydrogen (secondary N) is 2.